The van der Waals surface area contributed by atoms with Gasteiger partial charge in [-0.3, -0.25) is 0 Å². The lowest BCUT2D eigenvalue weighted by Crippen LogP contribution is -2.07. The molecule has 0 aromatic heterocycles. The minimum Gasteiger partial charge on any atom is -0.235 e. The molecule has 0 amide bonds. The summed E-state index contributed by atoms with van der Waals surface area (Å²) in [4.78, 5) is 0. The van der Waals surface area contributed by atoms with Crippen LogP contribution in [0.15, 0.2) is 0 Å². The fraction of sp³-hybridized carbons (Fsp3) is 1.00. The fourth-order valence-electron chi connectivity index (χ4n) is 0.743. The normalized spacial score (nSPS) is 11.8. The molecule has 0 aliphatic heterocycles. The van der Waals surface area contributed by atoms with Crippen molar-refractivity contribution in [3.63, 3.8) is 0 Å². The Bertz CT molecular complexity index is 173. The Kier molecular flexibility index (Phi) is 5.45. The summed E-state index contributed by atoms with van der Waals surface area (Å²) < 4.78 is 24.3. The SMILES string of the molecule is CCCCCCS(=O)(=O)OO. The summed E-state index contributed by atoms with van der Waals surface area (Å²) in [5.41, 5.74) is 0. The van der Waals surface area contributed by atoms with Crippen molar-refractivity contribution in [1.82, 2.24) is 0 Å². The van der Waals surface area contributed by atoms with E-state index < -0.39 is 10.1 Å². The Labute approximate surface area is 67.2 Å². The van der Waals surface area contributed by atoms with Gasteiger partial charge in [-0.15, -0.1) is 4.33 Å². The average Bonchev–Trinajstić information content (AvgIpc) is 1.99. The molecule has 0 spiro atoms. The second kappa shape index (κ2) is 5.51. The highest BCUT2D eigenvalue weighted by Gasteiger charge is 2.08. The van der Waals surface area contributed by atoms with Crippen molar-refractivity contribution in [3.8, 4) is 0 Å². The molecule has 0 aliphatic rings. The molecule has 0 heterocycles. The summed E-state index contributed by atoms with van der Waals surface area (Å²) in [6.07, 6.45) is 3.48. The van der Waals surface area contributed by atoms with Crippen molar-refractivity contribution in [3.05, 3.63) is 0 Å². The molecule has 0 atom stereocenters. The van der Waals surface area contributed by atoms with Gasteiger partial charge in [0, 0.05) is 0 Å². The maximum Gasteiger partial charge on any atom is 0.293 e. The van der Waals surface area contributed by atoms with Gasteiger partial charge >= 0.3 is 0 Å². The van der Waals surface area contributed by atoms with Crippen LogP contribution < -0.4 is 0 Å². The van der Waals surface area contributed by atoms with Crippen LogP contribution in [0.1, 0.15) is 32.6 Å². The van der Waals surface area contributed by atoms with E-state index in [1.54, 1.807) is 0 Å². The van der Waals surface area contributed by atoms with E-state index in [9.17, 15) is 8.42 Å². The van der Waals surface area contributed by atoms with Crippen LogP contribution in [0.4, 0.5) is 0 Å². The molecule has 0 bridgehead atoms. The molecule has 0 rings (SSSR count). The highest BCUT2D eigenvalue weighted by molar-refractivity contribution is 7.86. The van der Waals surface area contributed by atoms with Gasteiger partial charge in [0.15, 0.2) is 0 Å². The van der Waals surface area contributed by atoms with Gasteiger partial charge in [0.1, 0.15) is 0 Å². The summed E-state index contributed by atoms with van der Waals surface area (Å²) in [7, 11) is -3.64. The van der Waals surface area contributed by atoms with E-state index >= 15 is 0 Å². The largest absolute Gasteiger partial charge is 0.293 e. The summed E-state index contributed by atoms with van der Waals surface area (Å²) in [6.45, 7) is 2.04. The molecule has 1 N–H and O–H groups in total. The molecule has 0 aromatic carbocycles. The van der Waals surface area contributed by atoms with Crippen molar-refractivity contribution in [2.75, 3.05) is 5.75 Å². The first-order valence-electron chi connectivity index (χ1n) is 3.68. The van der Waals surface area contributed by atoms with Crippen molar-refractivity contribution in [2.45, 2.75) is 32.6 Å². The van der Waals surface area contributed by atoms with Crippen LogP contribution in [0.5, 0.6) is 0 Å². The molecule has 0 radical (unpaired) electrons. The Morgan fingerprint density at radius 2 is 1.91 bits per heavy atom. The Morgan fingerprint density at radius 1 is 1.27 bits per heavy atom. The van der Waals surface area contributed by atoms with Gasteiger partial charge in [0.05, 0.1) is 5.75 Å². The van der Waals surface area contributed by atoms with Crippen molar-refractivity contribution in [2.24, 2.45) is 0 Å². The van der Waals surface area contributed by atoms with E-state index in [1.807, 2.05) is 6.92 Å². The second-order valence-electron chi connectivity index (χ2n) is 2.40. The number of hydrogen-bond donors (Lipinski definition) is 1. The lowest BCUT2D eigenvalue weighted by Gasteiger charge is -1.97. The zero-order valence-electron chi connectivity index (χ0n) is 6.62. The highest BCUT2D eigenvalue weighted by atomic mass is 32.2. The molecule has 4 nitrogen and oxygen atoms in total. The van der Waals surface area contributed by atoms with Crippen molar-refractivity contribution < 1.29 is 18.0 Å². The standard InChI is InChI=1S/C6H14O4S/c1-2-3-4-5-6-11(8,9)10-7/h7H,2-6H2,1H3. The summed E-state index contributed by atoms with van der Waals surface area (Å²) in [5.74, 6) is -0.0938. The first-order valence-corrected chi connectivity index (χ1v) is 5.26. The van der Waals surface area contributed by atoms with Crippen molar-refractivity contribution >= 4 is 10.1 Å². The monoisotopic (exact) mass is 182 g/mol. The number of unbranched alkanes of at least 4 members (excludes halogenated alkanes) is 3. The first kappa shape index (κ1) is 10.9. The molecular weight excluding hydrogens is 168 g/mol. The number of hydrogen-bond acceptors (Lipinski definition) is 4. The topological polar surface area (TPSA) is 63.6 Å². The van der Waals surface area contributed by atoms with Crippen LogP contribution >= 0.6 is 0 Å². The molecule has 0 aliphatic carbocycles. The van der Waals surface area contributed by atoms with E-state index in [0.717, 1.165) is 19.3 Å². The van der Waals surface area contributed by atoms with Gasteiger partial charge < -0.3 is 0 Å². The van der Waals surface area contributed by atoms with Crippen molar-refractivity contribution in [1.29, 1.82) is 0 Å². The molecule has 68 valence electrons. The van der Waals surface area contributed by atoms with Crippen LogP contribution in [0.2, 0.25) is 0 Å². The minimum absolute atomic E-state index is 0.0938. The van der Waals surface area contributed by atoms with Crippen LogP contribution in [0.3, 0.4) is 0 Å². The predicted molar refractivity (Wildman–Crippen MR) is 41.6 cm³/mol. The summed E-state index contributed by atoms with van der Waals surface area (Å²) >= 11 is 0. The minimum atomic E-state index is -3.64. The smallest absolute Gasteiger partial charge is 0.235 e. The third-order valence-corrected chi connectivity index (χ3v) is 2.38. The van der Waals surface area contributed by atoms with Gasteiger partial charge in [-0.1, -0.05) is 26.2 Å². The molecule has 0 saturated carbocycles. The fourth-order valence-corrected chi connectivity index (χ4v) is 1.38. The molecule has 11 heavy (non-hydrogen) atoms. The molecule has 0 fully saturated rings. The Morgan fingerprint density at radius 3 is 2.36 bits per heavy atom. The molecular formula is C6H14O4S. The third kappa shape index (κ3) is 6.28. The van der Waals surface area contributed by atoms with Gasteiger partial charge in [0.2, 0.25) is 0 Å². The maximum absolute atomic E-state index is 10.5. The van der Waals surface area contributed by atoms with Crippen LogP contribution in [-0.4, -0.2) is 19.4 Å². The van der Waals surface area contributed by atoms with E-state index in [4.69, 9.17) is 5.26 Å². The second-order valence-corrected chi connectivity index (χ2v) is 4.07. The predicted octanol–water partition coefficient (Wildman–Crippen LogP) is 1.39. The van der Waals surface area contributed by atoms with E-state index in [-0.39, 0.29) is 5.75 Å². The zero-order valence-corrected chi connectivity index (χ0v) is 7.43. The van der Waals surface area contributed by atoms with Gasteiger partial charge in [0.25, 0.3) is 10.1 Å². The van der Waals surface area contributed by atoms with E-state index in [1.165, 1.54) is 0 Å². The van der Waals surface area contributed by atoms with E-state index in [0.29, 0.717) is 6.42 Å². The Balaban J connectivity index is 3.39. The lowest BCUT2D eigenvalue weighted by atomic mass is 10.2. The molecule has 0 unspecified atom stereocenters. The number of rotatable bonds is 6. The average molecular weight is 182 g/mol. The highest BCUT2D eigenvalue weighted by Crippen LogP contribution is 2.02. The Hall–Kier alpha value is -0.130. The van der Waals surface area contributed by atoms with Crippen LogP contribution in [0.25, 0.3) is 0 Å². The maximum atomic E-state index is 10.5. The molecule has 5 heteroatoms. The molecule has 0 saturated heterocycles. The van der Waals surface area contributed by atoms with Crippen LogP contribution in [-0.2, 0) is 14.5 Å². The third-order valence-electron chi connectivity index (χ3n) is 1.36. The first-order chi connectivity index (χ1) is 5.12. The van der Waals surface area contributed by atoms with Gasteiger partial charge in [-0.25, -0.2) is 5.26 Å². The van der Waals surface area contributed by atoms with Crippen LogP contribution in [0, 0.1) is 0 Å². The van der Waals surface area contributed by atoms with E-state index in [2.05, 4.69) is 4.33 Å². The van der Waals surface area contributed by atoms with Gasteiger partial charge in [-0.2, -0.15) is 8.42 Å². The lowest BCUT2D eigenvalue weighted by molar-refractivity contribution is -0.130. The quantitative estimate of drug-likeness (QED) is 0.383. The zero-order chi connectivity index (χ0) is 8.74. The van der Waals surface area contributed by atoms with Gasteiger partial charge in [-0.05, 0) is 6.42 Å². The summed E-state index contributed by atoms with van der Waals surface area (Å²) in [5, 5.41) is 7.86. The molecule has 0 aromatic rings. The summed E-state index contributed by atoms with van der Waals surface area (Å²) in [6, 6.07) is 0.